The third kappa shape index (κ3) is 3.83. The van der Waals surface area contributed by atoms with E-state index in [1.165, 1.54) is 12.1 Å². The molecule has 0 aliphatic rings. The van der Waals surface area contributed by atoms with Crippen molar-refractivity contribution < 1.29 is 9.18 Å². The van der Waals surface area contributed by atoms with E-state index < -0.39 is 0 Å². The van der Waals surface area contributed by atoms with Gasteiger partial charge in [-0.15, -0.1) is 0 Å². The highest BCUT2D eigenvalue weighted by Crippen LogP contribution is 2.21. The van der Waals surface area contributed by atoms with Crippen LogP contribution in [0.3, 0.4) is 0 Å². The van der Waals surface area contributed by atoms with Gasteiger partial charge < -0.3 is 9.88 Å². The molecule has 1 aromatic carbocycles. The molecule has 0 saturated heterocycles. The van der Waals surface area contributed by atoms with E-state index >= 15 is 0 Å². The maximum Gasteiger partial charge on any atom is 0.178 e. The number of aromatic nitrogens is 2. The molecule has 0 aliphatic carbocycles. The number of carbonyl (C=O) groups is 1. The number of nitrogens with zero attached hydrogens (tertiary/aromatic N) is 2. The lowest BCUT2D eigenvalue weighted by Gasteiger charge is -2.10. The van der Waals surface area contributed by atoms with E-state index in [0.717, 1.165) is 22.6 Å². The van der Waals surface area contributed by atoms with Crippen molar-refractivity contribution in [2.24, 2.45) is 0 Å². The summed E-state index contributed by atoms with van der Waals surface area (Å²) in [6.45, 7) is 4.73. The first kappa shape index (κ1) is 17.0. The van der Waals surface area contributed by atoms with E-state index in [9.17, 15) is 9.18 Å². The van der Waals surface area contributed by atoms with E-state index in [-0.39, 0.29) is 18.1 Å². The summed E-state index contributed by atoms with van der Waals surface area (Å²) in [4.78, 5) is 16.5. The van der Waals surface area contributed by atoms with Crippen molar-refractivity contribution in [3.05, 3.63) is 83.2 Å². The van der Waals surface area contributed by atoms with Gasteiger partial charge in [0.25, 0.3) is 0 Å². The number of ketones is 1. The molecule has 3 aromatic rings. The molecule has 0 saturated carbocycles. The molecule has 0 atom stereocenters. The standard InChI is InChI=1S/C20H20FN3O/c1-14-11-19(15(2)24(14)18-5-3-17(21)4-6-18)20(25)13-23-12-16-7-9-22-10-8-16/h3-11,23H,12-13H2,1-2H3. The molecule has 4 nitrogen and oxygen atoms in total. The highest BCUT2D eigenvalue weighted by molar-refractivity contribution is 5.99. The fourth-order valence-electron chi connectivity index (χ4n) is 2.95. The maximum atomic E-state index is 13.1. The summed E-state index contributed by atoms with van der Waals surface area (Å²) in [5, 5.41) is 3.17. The number of pyridine rings is 1. The van der Waals surface area contributed by atoms with Crippen molar-refractivity contribution in [1.29, 1.82) is 0 Å². The Labute approximate surface area is 146 Å². The summed E-state index contributed by atoms with van der Waals surface area (Å²) in [6.07, 6.45) is 3.46. The van der Waals surface area contributed by atoms with Crippen LogP contribution >= 0.6 is 0 Å². The van der Waals surface area contributed by atoms with Crippen LogP contribution in [0.1, 0.15) is 27.3 Å². The van der Waals surface area contributed by atoms with Gasteiger partial charge in [-0.05, 0) is 61.9 Å². The average molecular weight is 337 g/mol. The highest BCUT2D eigenvalue weighted by Gasteiger charge is 2.16. The van der Waals surface area contributed by atoms with Crippen LogP contribution in [0.15, 0.2) is 54.9 Å². The molecule has 25 heavy (non-hydrogen) atoms. The van der Waals surface area contributed by atoms with Gasteiger partial charge in [0.2, 0.25) is 0 Å². The second-order valence-corrected chi connectivity index (χ2v) is 5.98. The Morgan fingerprint density at radius 2 is 1.80 bits per heavy atom. The number of carbonyl (C=O) groups excluding carboxylic acids is 1. The highest BCUT2D eigenvalue weighted by atomic mass is 19.1. The predicted octanol–water partition coefficient (Wildman–Crippen LogP) is 3.60. The molecule has 2 heterocycles. The lowest BCUT2D eigenvalue weighted by Crippen LogP contribution is -2.23. The third-order valence-electron chi connectivity index (χ3n) is 4.18. The Kier molecular flexibility index (Phi) is 5.05. The Morgan fingerprint density at radius 1 is 1.12 bits per heavy atom. The van der Waals surface area contributed by atoms with Crippen molar-refractivity contribution in [1.82, 2.24) is 14.9 Å². The van der Waals surface area contributed by atoms with Crippen molar-refractivity contribution in [3.8, 4) is 5.69 Å². The fourth-order valence-corrected chi connectivity index (χ4v) is 2.95. The molecule has 0 amide bonds. The smallest absolute Gasteiger partial charge is 0.178 e. The summed E-state index contributed by atoms with van der Waals surface area (Å²) >= 11 is 0. The number of benzene rings is 1. The van der Waals surface area contributed by atoms with Crippen LogP contribution in [0.2, 0.25) is 0 Å². The minimum absolute atomic E-state index is 0.0375. The van der Waals surface area contributed by atoms with E-state index in [1.54, 1.807) is 24.5 Å². The lowest BCUT2D eigenvalue weighted by atomic mass is 10.1. The van der Waals surface area contributed by atoms with E-state index in [1.807, 2.05) is 36.6 Å². The quantitative estimate of drug-likeness (QED) is 0.699. The summed E-state index contributed by atoms with van der Waals surface area (Å²) in [5.41, 5.74) is 4.42. The van der Waals surface area contributed by atoms with Crippen molar-refractivity contribution in [2.75, 3.05) is 6.54 Å². The minimum Gasteiger partial charge on any atom is -0.318 e. The van der Waals surface area contributed by atoms with Gasteiger partial charge in [0.15, 0.2) is 5.78 Å². The number of hydrogen-bond donors (Lipinski definition) is 1. The van der Waals surface area contributed by atoms with Crippen molar-refractivity contribution in [3.63, 3.8) is 0 Å². The monoisotopic (exact) mass is 337 g/mol. The van der Waals surface area contributed by atoms with Crippen molar-refractivity contribution >= 4 is 5.78 Å². The summed E-state index contributed by atoms with van der Waals surface area (Å²) in [5.74, 6) is -0.238. The van der Waals surface area contributed by atoms with Gasteiger partial charge in [0.1, 0.15) is 5.82 Å². The molecule has 1 N–H and O–H groups in total. The Morgan fingerprint density at radius 3 is 2.48 bits per heavy atom. The van der Waals surface area contributed by atoms with Gasteiger partial charge in [-0.3, -0.25) is 9.78 Å². The minimum atomic E-state index is -0.275. The van der Waals surface area contributed by atoms with Gasteiger partial charge in [0, 0.05) is 41.6 Å². The molecule has 0 fully saturated rings. The molecule has 3 rings (SSSR count). The first-order valence-corrected chi connectivity index (χ1v) is 8.14. The van der Waals surface area contributed by atoms with Gasteiger partial charge in [-0.1, -0.05) is 0 Å². The number of halogens is 1. The maximum absolute atomic E-state index is 13.1. The number of aryl methyl sites for hydroxylation is 1. The zero-order chi connectivity index (χ0) is 17.8. The second kappa shape index (κ2) is 7.40. The van der Waals surface area contributed by atoms with E-state index in [2.05, 4.69) is 10.3 Å². The predicted molar refractivity (Wildman–Crippen MR) is 95.5 cm³/mol. The molecule has 0 radical (unpaired) electrons. The first-order valence-electron chi connectivity index (χ1n) is 8.14. The molecule has 0 aliphatic heterocycles. The molecule has 2 aromatic heterocycles. The normalized spacial score (nSPS) is 10.8. The molecule has 0 spiro atoms. The van der Waals surface area contributed by atoms with Gasteiger partial charge >= 0.3 is 0 Å². The molecular formula is C20H20FN3O. The Bertz CT molecular complexity index is 870. The number of rotatable bonds is 6. The molecule has 128 valence electrons. The van der Waals surface area contributed by atoms with Gasteiger partial charge in [0.05, 0.1) is 6.54 Å². The van der Waals surface area contributed by atoms with Crippen molar-refractivity contribution in [2.45, 2.75) is 20.4 Å². The zero-order valence-corrected chi connectivity index (χ0v) is 14.3. The second-order valence-electron chi connectivity index (χ2n) is 5.98. The van der Waals surface area contributed by atoms with Gasteiger partial charge in [-0.2, -0.15) is 0 Å². The largest absolute Gasteiger partial charge is 0.318 e. The summed E-state index contributed by atoms with van der Waals surface area (Å²) < 4.78 is 15.1. The van der Waals surface area contributed by atoms with Crippen LogP contribution in [-0.4, -0.2) is 21.9 Å². The number of nitrogens with one attached hydrogen (secondary N) is 1. The van der Waals surface area contributed by atoms with Crippen LogP contribution in [-0.2, 0) is 6.54 Å². The third-order valence-corrected chi connectivity index (χ3v) is 4.18. The molecule has 0 bridgehead atoms. The molecular weight excluding hydrogens is 317 g/mol. The number of hydrogen-bond acceptors (Lipinski definition) is 3. The summed E-state index contributed by atoms with van der Waals surface area (Å²) in [6, 6.07) is 12.0. The van der Waals surface area contributed by atoms with Crippen LogP contribution in [0.4, 0.5) is 4.39 Å². The SMILES string of the molecule is Cc1cc(C(=O)CNCc2ccncc2)c(C)n1-c1ccc(F)cc1. The van der Waals surface area contributed by atoms with Crippen LogP contribution in [0.25, 0.3) is 5.69 Å². The number of Topliss-reactive ketones (excluding diaryl/α,β-unsaturated/α-hetero) is 1. The van der Waals surface area contributed by atoms with Crippen LogP contribution in [0, 0.1) is 19.7 Å². The first-order chi connectivity index (χ1) is 12.1. The van der Waals surface area contributed by atoms with Gasteiger partial charge in [-0.25, -0.2) is 4.39 Å². The Hall–Kier alpha value is -2.79. The lowest BCUT2D eigenvalue weighted by molar-refractivity contribution is 0.0990. The Balaban J connectivity index is 1.73. The molecule has 0 unspecified atom stereocenters. The topological polar surface area (TPSA) is 46.9 Å². The average Bonchev–Trinajstić information content (AvgIpc) is 2.91. The van der Waals surface area contributed by atoms with E-state index in [0.29, 0.717) is 12.1 Å². The zero-order valence-electron chi connectivity index (χ0n) is 14.3. The fraction of sp³-hybridized carbons (Fsp3) is 0.200. The molecule has 5 heteroatoms. The van der Waals surface area contributed by atoms with Crippen LogP contribution in [0.5, 0.6) is 0 Å². The van der Waals surface area contributed by atoms with E-state index in [4.69, 9.17) is 0 Å². The summed E-state index contributed by atoms with van der Waals surface area (Å²) in [7, 11) is 0. The van der Waals surface area contributed by atoms with Crippen LogP contribution < -0.4 is 5.32 Å².